The van der Waals surface area contributed by atoms with Crippen LogP contribution in [0.4, 0.5) is 21.7 Å². The van der Waals surface area contributed by atoms with Crippen molar-refractivity contribution in [3.63, 3.8) is 0 Å². The number of likely N-dealkylation sites (tertiary alicyclic amines) is 1. The average Bonchev–Trinajstić information content (AvgIpc) is 3.56. The maximum absolute atomic E-state index is 14.4. The second-order valence-corrected chi connectivity index (χ2v) is 9.97. The Balaban J connectivity index is 1.37. The topological polar surface area (TPSA) is 138 Å². The van der Waals surface area contributed by atoms with Crippen molar-refractivity contribution in [3.05, 3.63) is 64.7 Å². The number of fused-ring (bicyclic) bond motifs is 1. The van der Waals surface area contributed by atoms with Crippen LogP contribution in [0.2, 0.25) is 5.02 Å². The van der Waals surface area contributed by atoms with Crippen LogP contribution in [0.15, 0.2) is 48.3 Å². The Hall–Kier alpha value is -4.45. The summed E-state index contributed by atoms with van der Waals surface area (Å²) in [4.78, 5) is 41.1. The number of anilines is 3. The summed E-state index contributed by atoms with van der Waals surface area (Å²) in [6, 6.07) is 6.24. The van der Waals surface area contributed by atoms with Crippen molar-refractivity contribution >= 4 is 58.5 Å². The first-order valence-corrected chi connectivity index (χ1v) is 13.0. The molecule has 11 nitrogen and oxygen atoms in total. The number of nitrogens with zero attached hydrogens (tertiary/aromatic N) is 4. The molecule has 0 atom stereocenters. The van der Waals surface area contributed by atoms with Gasteiger partial charge < -0.3 is 20.5 Å². The number of amides is 1. The predicted octanol–water partition coefficient (Wildman–Crippen LogP) is 4.72. The maximum atomic E-state index is 14.4. The number of hydrogen-bond acceptors (Lipinski definition) is 8. The molecule has 1 aromatic carbocycles. The number of hydrogen-bond donors (Lipinski definition) is 3. The first kappa shape index (κ1) is 27.1. The second-order valence-electron chi connectivity index (χ2n) is 9.54. The third-order valence-electron chi connectivity index (χ3n) is 6.41. The van der Waals surface area contributed by atoms with E-state index < -0.39 is 17.8 Å². The summed E-state index contributed by atoms with van der Waals surface area (Å²) < 4.78 is 21.2. The van der Waals surface area contributed by atoms with E-state index >= 15 is 0 Å². The van der Waals surface area contributed by atoms with Gasteiger partial charge in [0.2, 0.25) is 5.91 Å². The monoisotopic (exact) mass is 568 g/mol. The number of aliphatic carboxylic acids is 1. The molecule has 1 saturated heterocycles. The minimum atomic E-state index is -0.997. The summed E-state index contributed by atoms with van der Waals surface area (Å²) in [5.74, 6) is -1.34. The minimum absolute atomic E-state index is 0.0333. The van der Waals surface area contributed by atoms with Gasteiger partial charge in [-0.3, -0.25) is 19.3 Å². The van der Waals surface area contributed by atoms with E-state index in [1.807, 2.05) is 0 Å². The fourth-order valence-corrected chi connectivity index (χ4v) is 4.34. The molecular weight excluding hydrogens is 543 g/mol. The lowest BCUT2D eigenvalue weighted by atomic mass is 10.1. The molecule has 1 saturated carbocycles. The molecule has 3 aromatic rings. The van der Waals surface area contributed by atoms with Gasteiger partial charge in [0.25, 0.3) is 0 Å². The van der Waals surface area contributed by atoms with Crippen LogP contribution in [-0.2, 0) is 19.1 Å². The summed E-state index contributed by atoms with van der Waals surface area (Å²) in [5, 5.41) is 19.9. The molecule has 1 amide bonds. The van der Waals surface area contributed by atoms with Crippen LogP contribution >= 0.6 is 11.6 Å². The summed E-state index contributed by atoms with van der Waals surface area (Å²) in [5.41, 5.74) is 2.20. The van der Waals surface area contributed by atoms with Crippen LogP contribution in [0.1, 0.15) is 44.1 Å². The van der Waals surface area contributed by atoms with Crippen LogP contribution in [0.5, 0.6) is 0 Å². The molecule has 0 unspecified atom stereocenters. The molecule has 3 heterocycles. The highest BCUT2D eigenvalue weighted by molar-refractivity contribution is 6.30. The van der Waals surface area contributed by atoms with Gasteiger partial charge in [-0.05, 0) is 49.1 Å². The number of nitrogens with one attached hydrogen (secondary N) is 2. The summed E-state index contributed by atoms with van der Waals surface area (Å²) in [7, 11) is 0. The van der Waals surface area contributed by atoms with Crippen molar-refractivity contribution in [2.24, 2.45) is 0 Å². The number of carbonyl (C=O) groups excluding carboxylic acids is 2. The summed E-state index contributed by atoms with van der Waals surface area (Å²) in [6.07, 6.45) is 5.37. The number of aromatic nitrogens is 3. The minimum Gasteiger partial charge on any atom is -0.481 e. The van der Waals surface area contributed by atoms with E-state index in [0.717, 1.165) is 12.8 Å². The van der Waals surface area contributed by atoms with Crippen LogP contribution < -0.4 is 10.6 Å². The number of allylic oxidation sites excluding steroid dienone is 1. The van der Waals surface area contributed by atoms with Crippen molar-refractivity contribution in [1.82, 2.24) is 19.5 Å². The number of ether oxygens (including phenoxy) is 1. The van der Waals surface area contributed by atoms with Gasteiger partial charge >= 0.3 is 11.9 Å². The lowest BCUT2D eigenvalue weighted by molar-refractivity contribution is -0.150. The maximum Gasteiger partial charge on any atom is 0.307 e. The third-order valence-corrected chi connectivity index (χ3v) is 6.65. The average molecular weight is 569 g/mol. The number of benzene rings is 1. The van der Waals surface area contributed by atoms with E-state index in [-0.39, 0.29) is 44.0 Å². The van der Waals surface area contributed by atoms with Crippen LogP contribution in [-0.4, -0.2) is 55.2 Å². The van der Waals surface area contributed by atoms with E-state index in [0.29, 0.717) is 45.2 Å². The van der Waals surface area contributed by atoms with Crippen molar-refractivity contribution in [1.29, 1.82) is 0 Å². The molecule has 1 aliphatic heterocycles. The first-order valence-electron chi connectivity index (χ1n) is 12.6. The van der Waals surface area contributed by atoms with Gasteiger partial charge in [0, 0.05) is 41.2 Å². The Morgan fingerprint density at radius 3 is 2.83 bits per heavy atom. The molecule has 1 aliphatic carbocycles. The summed E-state index contributed by atoms with van der Waals surface area (Å²) in [6.45, 7) is 3.67. The Morgan fingerprint density at radius 1 is 1.27 bits per heavy atom. The SMILES string of the molecule is C=C1/C(=C/c2cnn3c(NC4CC4)cc(Nc4cc(Cl)ccc4F)nc23)CC(=O)N1COC(=O)CCCC(=O)O. The van der Waals surface area contributed by atoms with Crippen LogP contribution in [0.3, 0.4) is 0 Å². The molecule has 2 aliphatic rings. The Kier molecular flexibility index (Phi) is 7.69. The zero-order valence-electron chi connectivity index (χ0n) is 21.3. The number of carboxylic acid groups (broad SMARTS) is 1. The molecule has 2 fully saturated rings. The highest BCUT2D eigenvalue weighted by Gasteiger charge is 2.30. The van der Waals surface area contributed by atoms with Crippen LogP contribution in [0, 0.1) is 5.82 Å². The third kappa shape index (κ3) is 6.23. The molecule has 0 spiro atoms. The standard InChI is InChI=1S/C27H26ClFN6O5/c1-15-16(10-24(36)34(15)14-40-26(39)4-2-3-25(37)38)9-17-13-30-35-23(31-19-6-7-19)12-22(33-27(17)35)32-21-11-18(28)5-8-20(21)29/h5,8-9,11-13,19,31H,1-4,6-7,10,14H2,(H,32,33)(H,37,38)/b16-9+. The van der Waals surface area contributed by atoms with Gasteiger partial charge in [0.1, 0.15) is 17.5 Å². The number of rotatable bonds is 11. The fraction of sp³-hybridized carbons (Fsp3) is 0.296. The van der Waals surface area contributed by atoms with Crippen LogP contribution in [0.25, 0.3) is 11.7 Å². The van der Waals surface area contributed by atoms with E-state index in [1.54, 1.807) is 22.9 Å². The predicted molar refractivity (Wildman–Crippen MR) is 145 cm³/mol. The van der Waals surface area contributed by atoms with Gasteiger partial charge in [0.05, 0.1) is 18.3 Å². The lowest BCUT2D eigenvalue weighted by Gasteiger charge is -2.17. The first-order chi connectivity index (χ1) is 19.2. The molecule has 0 bridgehead atoms. The van der Waals surface area contributed by atoms with Gasteiger partial charge in [-0.25, -0.2) is 9.37 Å². The highest BCUT2D eigenvalue weighted by atomic mass is 35.5. The van der Waals surface area contributed by atoms with E-state index in [9.17, 15) is 18.8 Å². The normalized spacial score (nSPS) is 16.1. The second kappa shape index (κ2) is 11.3. The van der Waals surface area contributed by atoms with E-state index in [2.05, 4.69) is 27.3 Å². The largest absolute Gasteiger partial charge is 0.481 e. The Bertz CT molecular complexity index is 1550. The number of halogens is 2. The zero-order chi connectivity index (χ0) is 28.4. The number of carbonyl (C=O) groups is 3. The smallest absolute Gasteiger partial charge is 0.307 e. The number of carboxylic acids is 1. The van der Waals surface area contributed by atoms with Crippen molar-refractivity contribution in [3.8, 4) is 0 Å². The van der Waals surface area contributed by atoms with E-state index in [1.165, 1.54) is 23.1 Å². The van der Waals surface area contributed by atoms with Crippen molar-refractivity contribution in [2.75, 3.05) is 17.4 Å². The molecule has 13 heteroatoms. The number of esters is 1. The molecule has 40 heavy (non-hydrogen) atoms. The van der Waals surface area contributed by atoms with Gasteiger partial charge in [-0.1, -0.05) is 18.2 Å². The van der Waals surface area contributed by atoms with Crippen molar-refractivity contribution in [2.45, 2.75) is 44.6 Å². The van der Waals surface area contributed by atoms with Gasteiger partial charge in [-0.2, -0.15) is 9.61 Å². The quantitative estimate of drug-likeness (QED) is 0.280. The van der Waals surface area contributed by atoms with Gasteiger partial charge in [-0.15, -0.1) is 0 Å². The molecule has 208 valence electrons. The molecular formula is C27H26ClFN6O5. The highest BCUT2D eigenvalue weighted by Crippen LogP contribution is 2.32. The van der Waals surface area contributed by atoms with E-state index in [4.69, 9.17) is 21.4 Å². The summed E-state index contributed by atoms with van der Waals surface area (Å²) >= 11 is 6.05. The lowest BCUT2D eigenvalue weighted by Crippen LogP contribution is -2.27. The molecule has 3 N–H and O–H groups in total. The fourth-order valence-electron chi connectivity index (χ4n) is 4.17. The molecule has 5 rings (SSSR count). The molecule has 0 radical (unpaired) electrons. The van der Waals surface area contributed by atoms with Crippen molar-refractivity contribution < 1.29 is 28.6 Å². The van der Waals surface area contributed by atoms with Gasteiger partial charge in [0.15, 0.2) is 12.4 Å². The molecule has 2 aromatic heterocycles. The zero-order valence-corrected chi connectivity index (χ0v) is 22.1. The Labute approximate surface area is 233 Å². The Morgan fingerprint density at radius 2 is 2.08 bits per heavy atom.